The van der Waals surface area contributed by atoms with Crippen molar-refractivity contribution >= 4 is 11.7 Å². The van der Waals surface area contributed by atoms with Crippen LogP contribution in [-0.4, -0.2) is 48.7 Å². The monoisotopic (exact) mass is 302 g/mol. The van der Waals surface area contributed by atoms with E-state index in [2.05, 4.69) is 4.90 Å². The van der Waals surface area contributed by atoms with Crippen LogP contribution in [0.5, 0.6) is 0 Å². The highest BCUT2D eigenvalue weighted by molar-refractivity contribution is 5.90. The van der Waals surface area contributed by atoms with Crippen LogP contribution in [0.3, 0.4) is 0 Å². The summed E-state index contributed by atoms with van der Waals surface area (Å²) in [6.45, 7) is 3.98. The molecule has 1 N–H and O–H groups in total. The van der Waals surface area contributed by atoms with E-state index in [0.29, 0.717) is 18.8 Å². The molecule has 21 heavy (non-hydrogen) atoms. The summed E-state index contributed by atoms with van der Waals surface area (Å²) in [6.07, 6.45) is -4.68. The number of benzene rings is 1. The molecule has 0 bridgehead atoms. The van der Waals surface area contributed by atoms with Gasteiger partial charge >= 0.3 is 12.1 Å². The van der Waals surface area contributed by atoms with Crippen LogP contribution in [-0.2, 0) is 6.18 Å². The number of piperazine rings is 1. The summed E-state index contributed by atoms with van der Waals surface area (Å²) >= 11 is 0. The van der Waals surface area contributed by atoms with E-state index >= 15 is 0 Å². The topological polar surface area (TPSA) is 43.8 Å². The van der Waals surface area contributed by atoms with Crippen LogP contribution >= 0.6 is 0 Å². The quantitative estimate of drug-likeness (QED) is 0.912. The Kier molecular flexibility index (Phi) is 4.13. The standard InChI is InChI=1S/C14H17F3N2O2/c1-9-8-19(6-5-18(9)2)10-3-4-11(13(20)21)12(7-10)14(15,16)17/h3-4,7,9H,5-6,8H2,1-2H3,(H,20,21). The molecular formula is C14H17F3N2O2. The maximum Gasteiger partial charge on any atom is 0.417 e. The van der Waals surface area contributed by atoms with Crippen LogP contribution in [0.15, 0.2) is 18.2 Å². The maximum absolute atomic E-state index is 13.0. The van der Waals surface area contributed by atoms with E-state index in [1.54, 1.807) is 0 Å². The molecule has 116 valence electrons. The number of hydrogen-bond donors (Lipinski definition) is 1. The number of carbonyl (C=O) groups is 1. The summed E-state index contributed by atoms with van der Waals surface area (Å²) in [5.74, 6) is -1.57. The summed E-state index contributed by atoms with van der Waals surface area (Å²) < 4.78 is 39.0. The lowest BCUT2D eigenvalue weighted by Crippen LogP contribution is -2.50. The van der Waals surface area contributed by atoms with Crippen molar-refractivity contribution in [1.82, 2.24) is 4.90 Å². The fraction of sp³-hybridized carbons (Fsp3) is 0.500. The van der Waals surface area contributed by atoms with Crippen molar-refractivity contribution in [2.45, 2.75) is 19.1 Å². The first-order valence-electron chi connectivity index (χ1n) is 6.60. The van der Waals surface area contributed by atoms with Gasteiger partial charge in [-0.2, -0.15) is 13.2 Å². The summed E-state index contributed by atoms with van der Waals surface area (Å²) in [5, 5.41) is 8.89. The second kappa shape index (κ2) is 5.55. The fourth-order valence-electron chi connectivity index (χ4n) is 2.43. The summed E-state index contributed by atoms with van der Waals surface area (Å²) in [6, 6.07) is 3.63. The molecule has 1 unspecified atom stereocenters. The van der Waals surface area contributed by atoms with Gasteiger partial charge in [0, 0.05) is 31.4 Å². The van der Waals surface area contributed by atoms with E-state index in [1.165, 1.54) is 6.07 Å². The molecule has 0 aromatic heterocycles. The highest BCUT2D eigenvalue weighted by Gasteiger charge is 2.36. The van der Waals surface area contributed by atoms with Gasteiger partial charge in [0.25, 0.3) is 0 Å². The van der Waals surface area contributed by atoms with Crippen LogP contribution < -0.4 is 4.90 Å². The van der Waals surface area contributed by atoms with Crippen molar-refractivity contribution in [3.8, 4) is 0 Å². The Morgan fingerprint density at radius 3 is 2.52 bits per heavy atom. The number of carboxylic acids is 1. The average molecular weight is 302 g/mol. The lowest BCUT2D eigenvalue weighted by atomic mass is 10.0. The highest BCUT2D eigenvalue weighted by Crippen LogP contribution is 2.35. The van der Waals surface area contributed by atoms with Gasteiger partial charge in [0.1, 0.15) is 0 Å². The van der Waals surface area contributed by atoms with Crippen LogP contribution in [0, 0.1) is 0 Å². The van der Waals surface area contributed by atoms with Gasteiger partial charge in [0.2, 0.25) is 0 Å². The first-order valence-corrected chi connectivity index (χ1v) is 6.60. The van der Waals surface area contributed by atoms with E-state index in [0.717, 1.165) is 18.7 Å². The molecule has 0 aliphatic carbocycles. The molecule has 0 saturated carbocycles. The molecular weight excluding hydrogens is 285 g/mol. The third-order valence-corrected chi connectivity index (χ3v) is 3.86. The highest BCUT2D eigenvalue weighted by atomic mass is 19.4. The number of aromatic carboxylic acids is 1. The molecule has 0 spiro atoms. The van der Waals surface area contributed by atoms with Gasteiger partial charge in [-0.05, 0) is 32.2 Å². The first-order chi connectivity index (χ1) is 9.70. The number of anilines is 1. The van der Waals surface area contributed by atoms with E-state index in [9.17, 15) is 18.0 Å². The average Bonchev–Trinajstić information content (AvgIpc) is 2.40. The molecule has 1 aromatic carbocycles. The fourth-order valence-corrected chi connectivity index (χ4v) is 2.43. The minimum absolute atomic E-state index is 0.229. The Morgan fingerprint density at radius 1 is 1.33 bits per heavy atom. The molecule has 7 heteroatoms. The molecule has 4 nitrogen and oxygen atoms in total. The number of hydrogen-bond acceptors (Lipinski definition) is 3. The zero-order chi connectivity index (χ0) is 15.8. The normalized spacial score (nSPS) is 20.6. The Hall–Kier alpha value is -1.76. The molecule has 0 radical (unpaired) electrons. The van der Waals surface area contributed by atoms with Crippen molar-refractivity contribution in [1.29, 1.82) is 0 Å². The van der Waals surface area contributed by atoms with Gasteiger partial charge in [0.15, 0.2) is 0 Å². The minimum Gasteiger partial charge on any atom is -0.478 e. The number of alkyl halides is 3. The second-order valence-electron chi connectivity index (χ2n) is 5.31. The van der Waals surface area contributed by atoms with Crippen LogP contribution in [0.4, 0.5) is 18.9 Å². The third-order valence-electron chi connectivity index (χ3n) is 3.86. The molecule has 1 atom stereocenters. The summed E-state index contributed by atoms with van der Waals surface area (Å²) in [5.41, 5.74) is -1.40. The number of likely N-dealkylation sites (N-methyl/N-ethyl adjacent to an activating group) is 1. The Balaban J connectivity index is 2.36. The van der Waals surface area contributed by atoms with Crippen LogP contribution in [0.1, 0.15) is 22.8 Å². The molecule has 1 aliphatic heterocycles. The van der Waals surface area contributed by atoms with Crippen molar-refractivity contribution in [2.75, 3.05) is 31.6 Å². The molecule has 1 aliphatic rings. The van der Waals surface area contributed by atoms with Gasteiger partial charge in [-0.25, -0.2) is 4.79 Å². The Labute approximate surface area is 120 Å². The number of carboxylic acid groups (broad SMARTS) is 1. The lowest BCUT2D eigenvalue weighted by Gasteiger charge is -2.39. The van der Waals surface area contributed by atoms with Crippen molar-refractivity contribution in [3.05, 3.63) is 29.3 Å². The molecule has 1 saturated heterocycles. The predicted molar refractivity (Wildman–Crippen MR) is 72.7 cm³/mol. The summed E-state index contributed by atoms with van der Waals surface area (Å²) in [7, 11) is 1.97. The minimum atomic E-state index is -4.68. The first kappa shape index (κ1) is 15.6. The van der Waals surface area contributed by atoms with Gasteiger partial charge in [0.05, 0.1) is 11.1 Å². The van der Waals surface area contributed by atoms with Gasteiger partial charge in [-0.1, -0.05) is 0 Å². The van der Waals surface area contributed by atoms with E-state index < -0.39 is 23.3 Å². The molecule has 1 fully saturated rings. The Bertz CT molecular complexity index is 546. The van der Waals surface area contributed by atoms with Crippen molar-refractivity contribution in [2.24, 2.45) is 0 Å². The van der Waals surface area contributed by atoms with Gasteiger partial charge < -0.3 is 14.9 Å². The van der Waals surface area contributed by atoms with Crippen LogP contribution in [0.25, 0.3) is 0 Å². The number of rotatable bonds is 2. The smallest absolute Gasteiger partial charge is 0.417 e. The van der Waals surface area contributed by atoms with Gasteiger partial charge in [-0.15, -0.1) is 0 Å². The third kappa shape index (κ3) is 3.29. The predicted octanol–water partition coefficient (Wildman–Crippen LogP) is 2.54. The molecule has 2 rings (SSSR count). The van der Waals surface area contributed by atoms with Gasteiger partial charge in [-0.3, -0.25) is 0 Å². The molecule has 1 aromatic rings. The second-order valence-corrected chi connectivity index (χ2v) is 5.31. The zero-order valence-electron chi connectivity index (χ0n) is 11.8. The summed E-state index contributed by atoms with van der Waals surface area (Å²) in [4.78, 5) is 14.9. The van der Waals surface area contributed by atoms with Crippen LogP contribution in [0.2, 0.25) is 0 Å². The number of nitrogens with zero attached hydrogens (tertiary/aromatic N) is 2. The zero-order valence-corrected chi connectivity index (χ0v) is 11.8. The molecule has 1 heterocycles. The van der Waals surface area contributed by atoms with Crippen molar-refractivity contribution in [3.63, 3.8) is 0 Å². The maximum atomic E-state index is 13.0. The van der Waals surface area contributed by atoms with E-state index in [4.69, 9.17) is 5.11 Å². The Morgan fingerprint density at radius 2 is 2.00 bits per heavy atom. The van der Waals surface area contributed by atoms with Crippen molar-refractivity contribution < 1.29 is 23.1 Å². The van der Waals surface area contributed by atoms with E-state index in [-0.39, 0.29) is 6.04 Å². The SMILES string of the molecule is CC1CN(c2ccc(C(=O)O)c(C(F)(F)F)c2)CCN1C. The lowest BCUT2D eigenvalue weighted by molar-refractivity contribution is -0.138. The molecule has 0 amide bonds. The van der Waals surface area contributed by atoms with E-state index in [1.807, 2.05) is 18.9 Å². The largest absolute Gasteiger partial charge is 0.478 e. The number of halogens is 3.